The highest BCUT2D eigenvalue weighted by Crippen LogP contribution is 2.36. The first kappa shape index (κ1) is 22.9. The zero-order valence-corrected chi connectivity index (χ0v) is 19.8. The van der Waals surface area contributed by atoms with Crippen molar-refractivity contribution in [1.82, 2.24) is 15.2 Å². The number of aryl methyl sites for hydroxylation is 1. The lowest BCUT2D eigenvalue weighted by Gasteiger charge is -2.35. The Morgan fingerprint density at radius 1 is 1.39 bits per heavy atom. The highest BCUT2D eigenvalue weighted by molar-refractivity contribution is 5.99. The number of hydrogen-bond acceptors (Lipinski definition) is 6. The molecule has 1 aromatic carbocycles. The van der Waals surface area contributed by atoms with Crippen LogP contribution in [0.4, 0.5) is 5.82 Å². The van der Waals surface area contributed by atoms with Crippen molar-refractivity contribution in [2.75, 3.05) is 26.2 Å². The fraction of sp³-hybridized carbons (Fsp3) is 0.370. The summed E-state index contributed by atoms with van der Waals surface area (Å²) in [5.74, 6) is 0.594. The molecule has 0 bridgehead atoms. The van der Waals surface area contributed by atoms with Crippen LogP contribution in [0.2, 0.25) is 0 Å². The molecule has 170 valence electrons. The maximum absolute atomic E-state index is 9.11. The topological polar surface area (TPSA) is 90.3 Å². The maximum Gasteiger partial charge on any atom is 0.152 e. The number of rotatable bonds is 5. The molecule has 1 aromatic heterocycles. The Kier molecular flexibility index (Phi) is 6.73. The van der Waals surface area contributed by atoms with E-state index in [9.17, 15) is 0 Å². The number of pyridine rings is 1. The van der Waals surface area contributed by atoms with E-state index in [1.165, 1.54) is 27.8 Å². The van der Waals surface area contributed by atoms with Crippen molar-refractivity contribution >= 4 is 17.1 Å². The standard InChI is InChI=1S/C27H32N6/c1-17-5-6-24-19(3)25(8-7-23(17)24)26-16-33(10-9-30-26)15-22(13-29)20(4)32-27-11-18(2)21(12-28)14-31-27/h7-8,11,13-14,26,30H,1,5-6,9-10,15-16,29H2,2-4H3/t26-/m0/s1. The Balaban J connectivity index is 1.48. The molecular formula is C27H32N6. The van der Waals surface area contributed by atoms with Gasteiger partial charge in [-0.15, -0.1) is 0 Å². The third kappa shape index (κ3) is 4.75. The highest BCUT2D eigenvalue weighted by Gasteiger charge is 2.26. The molecule has 1 fully saturated rings. The number of allylic oxidation sites excluding steroid dienone is 1. The van der Waals surface area contributed by atoms with Crippen molar-refractivity contribution in [2.24, 2.45) is 10.7 Å². The molecule has 0 amide bonds. The molecule has 0 unspecified atom stereocenters. The van der Waals surface area contributed by atoms with Crippen LogP contribution in [-0.4, -0.2) is 41.8 Å². The van der Waals surface area contributed by atoms with E-state index in [-0.39, 0.29) is 6.04 Å². The van der Waals surface area contributed by atoms with Gasteiger partial charge in [-0.05, 0) is 73.1 Å². The quantitative estimate of drug-likeness (QED) is 0.683. The van der Waals surface area contributed by atoms with Gasteiger partial charge in [-0.2, -0.15) is 5.26 Å². The molecule has 33 heavy (non-hydrogen) atoms. The van der Waals surface area contributed by atoms with Gasteiger partial charge in [-0.3, -0.25) is 4.90 Å². The second kappa shape index (κ2) is 9.70. The molecule has 0 saturated carbocycles. The summed E-state index contributed by atoms with van der Waals surface area (Å²) >= 11 is 0. The average molecular weight is 441 g/mol. The Labute approximate surface area is 196 Å². The first-order chi connectivity index (χ1) is 15.9. The first-order valence-electron chi connectivity index (χ1n) is 11.5. The molecule has 6 heteroatoms. The zero-order chi connectivity index (χ0) is 23.5. The van der Waals surface area contributed by atoms with Crippen LogP contribution in [-0.2, 0) is 6.42 Å². The summed E-state index contributed by atoms with van der Waals surface area (Å²) in [6.45, 7) is 13.9. The summed E-state index contributed by atoms with van der Waals surface area (Å²) in [4.78, 5) is 11.4. The number of nitriles is 1. The van der Waals surface area contributed by atoms with Crippen LogP contribution in [0.1, 0.15) is 52.8 Å². The van der Waals surface area contributed by atoms with Crippen molar-refractivity contribution in [2.45, 2.75) is 39.7 Å². The minimum atomic E-state index is 0.289. The zero-order valence-electron chi connectivity index (χ0n) is 19.8. The van der Waals surface area contributed by atoms with Crippen LogP contribution < -0.4 is 11.1 Å². The molecule has 6 nitrogen and oxygen atoms in total. The third-order valence-corrected chi connectivity index (χ3v) is 6.89. The van der Waals surface area contributed by atoms with E-state index < -0.39 is 0 Å². The van der Waals surface area contributed by atoms with Crippen molar-refractivity contribution in [3.63, 3.8) is 0 Å². The van der Waals surface area contributed by atoms with E-state index in [0.29, 0.717) is 11.4 Å². The van der Waals surface area contributed by atoms with E-state index >= 15 is 0 Å². The van der Waals surface area contributed by atoms with Gasteiger partial charge in [0.1, 0.15) is 6.07 Å². The van der Waals surface area contributed by atoms with Crippen LogP contribution in [0.3, 0.4) is 0 Å². The molecule has 4 rings (SSSR count). The van der Waals surface area contributed by atoms with E-state index in [1.54, 1.807) is 12.4 Å². The number of nitrogens with two attached hydrogens (primary N) is 1. The van der Waals surface area contributed by atoms with Crippen LogP contribution in [0.25, 0.3) is 5.57 Å². The lowest BCUT2D eigenvalue weighted by atomic mass is 9.92. The minimum Gasteiger partial charge on any atom is -0.404 e. The Morgan fingerprint density at radius 2 is 2.21 bits per heavy atom. The van der Waals surface area contributed by atoms with Gasteiger partial charge in [-0.25, -0.2) is 9.98 Å². The summed E-state index contributed by atoms with van der Waals surface area (Å²) in [5.41, 5.74) is 16.1. The molecule has 2 aromatic rings. The lowest BCUT2D eigenvalue weighted by Crippen LogP contribution is -2.47. The van der Waals surface area contributed by atoms with Crippen molar-refractivity contribution in [3.05, 3.63) is 76.1 Å². The number of fused-ring (bicyclic) bond motifs is 1. The van der Waals surface area contributed by atoms with Crippen molar-refractivity contribution < 1.29 is 0 Å². The second-order valence-electron chi connectivity index (χ2n) is 9.01. The van der Waals surface area contributed by atoms with Gasteiger partial charge >= 0.3 is 0 Å². The van der Waals surface area contributed by atoms with Gasteiger partial charge in [0.2, 0.25) is 0 Å². The average Bonchev–Trinajstić information content (AvgIpc) is 3.19. The van der Waals surface area contributed by atoms with E-state index in [0.717, 1.165) is 55.9 Å². The number of piperazine rings is 1. The molecule has 1 atom stereocenters. The monoisotopic (exact) mass is 440 g/mol. The van der Waals surface area contributed by atoms with Crippen LogP contribution in [0.5, 0.6) is 0 Å². The van der Waals surface area contributed by atoms with Gasteiger partial charge in [-0.1, -0.05) is 18.7 Å². The lowest BCUT2D eigenvalue weighted by molar-refractivity contribution is 0.217. The molecule has 3 N–H and O–H groups in total. The van der Waals surface area contributed by atoms with E-state index in [2.05, 4.69) is 51.9 Å². The molecular weight excluding hydrogens is 408 g/mol. The summed E-state index contributed by atoms with van der Waals surface area (Å²) in [6, 6.07) is 8.79. The summed E-state index contributed by atoms with van der Waals surface area (Å²) in [5, 5.41) is 12.8. The molecule has 1 aliphatic carbocycles. The number of aliphatic imine (C=N–C) groups is 1. The van der Waals surface area contributed by atoms with Gasteiger partial charge in [0.25, 0.3) is 0 Å². The normalized spacial score (nSPS) is 19.5. The third-order valence-electron chi connectivity index (χ3n) is 6.89. The molecule has 1 saturated heterocycles. The number of hydrogen-bond donors (Lipinski definition) is 2. The Hall–Kier alpha value is -3.27. The minimum absolute atomic E-state index is 0.289. The predicted octanol–water partition coefficient (Wildman–Crippen LogP) is 4.11. The van der Waals surface area contributed by atoms with Crippen LogP contribution in [0, 0.1) is 25.2 Å². The molecule has 0 radical (unpaired) electrons. The number of aromatic nitrogens is 1. The fourth-order valence-electron chi connectivity index (χ4n) is 4.87. The number of nitrogens with zero attached hydrogens (tertiary/aromatic N) is 4. The highest BCUT2D eigenvalue weighted by atomic mass is 15.2. The van der Waals surface area contributed by atoms with Gasteiger partial charge in [0.05, 0.1) is 5.56 Å². The van der Waals surface area contributed by atoms with Crippen molar-refractivity contribution in [3.8, 4) is 6.07 Å². The fourth-order valence-corrected chi connectivity index (χ4v) is 4.87. The smallest absolute Gasteiger partial charge is 0.152 e. The van der Waals surface area contributed by atoms with Gasteiger partial charge in [0, 0.05) is 55.9 Å². The molecule has 1 aliphatic heterocycles. The number of nitrogens with one attached hydrogen (secondary N) is 1. The molecule has 2 heterocycles. The largest absolute Gasteiger partial charge is 0.404 e. The summed E-state index contributed by atoms with van der Waals surface area (Å²) in [6.07, 6.45) is 5.39. The summed E-state index contributed by atoms with van der Waals surface area (Å²) < 4.78 is 0. The second-order valence-corrected chi connectivity index (χ2v) is 9.01. The summed E-state index contributed by atoms with van der Waals surface area (Å²) in [7, 11) is 0. The maximum atomic E-state index is 9.11. The van der Waals surface area contributed by atoms with E-state index in [1.807, 2.05) is 19.9 Å². The van der Waals surface area contributed by atoms with Crippen LogP contribution in [0.15, 0.2) is 47.7 Å². The predicted molar refractivity (Wildman–Crippen MR) is 134 cm³/mol. The van der Waals surface area contributed by atoms with Crippen LogP contribution >= 0.6 is 0 Å². The molecule has 2 aliphatic rings. The van der Waals surface area contributed by atoms with Crippen molar-refractivity contribution in [1.29, 1.82) is 5.26 Å². The Bertz CT molecular complexity index is 1180. The molecule has 0 spiro atoms. The number of benzene rings is 1. The van der Waals surface area contributed by atoms with Gasteiger partial charge < -0.3 is 11.1 Å². The SMILES string of the molecule is C=C1CCc2c1ccc([C@@H]1CN(CC(=CN)C(C)=Nc3cc(C)c(C#N)cn3)CCN1)c2C. The van der Waals surface area contributed by atoms with E-state index in [4.69, 9.17) is 11.0 Å². The Morgan fingerprint density at radius 3 is 2.94 bits per heavy atom. The van der Waals surface area contributed by atoms with Gasteiger partial charge in [0.15, 0.2) is 5.82 Å². The first-order valence-corrected chi connectivity index (χ1v) is 11.5.